The lowest BCUT2D eigenvalue weighted by atomic mass is 9.97. The fourth-order valence-corrected chi connectivity index (χ4v) is 3.17. The quantitative estimate of drug-likeness (QED) is 0.306. The molecule has 3 aromatic rings. The van der Waals surface area contributed by atoms with Crippen molar-refractivity contribution in [2.45, 2.75) is 25.7 Å². The maximum absolute atomic E-state index is 14.5. The molecule has 0 N–H and O–H groups in total. The van der Waals surface area contributed by atoms with Crippen molar-refractivity contribution in [1.29, 1.82) is 0 Å². The van der Waals surface area contributed by atoms with Crippen LogP contribution in [0, 0.1) is 17.5 Å². The minimum atomic E-state index is -0.720. The topological polar surface area (TPSA) is 0 Å². The van der Waals surface area contributed by atoms with E-state index in [1.54, 1.807) is 24.3 Å². The van der Waals surface area contributed by atoms with Crippen LogP contribution >= 0.6 is 0 Å². The van der Waals surface area contributed by atoms with Gasteiger partial charge in [-0.1, -0.05) is 48.9 Å². The van der Waals surface area contributed by atoms with Gasteiger partial charge in [0.1, 0.15) is 17.5 Å². The fraction of sp³-hybridized carbons (Fsp3) is 0.217. The predicted molar refractivity (Wildman–Crippen MR) is 101 cm³/mol. The Hall–Kier alpha value is -2.62. The molecular formula is C23H20F4. The van der Waals surface area contributed by atoms with Gasteiger partial charge in [0.2, 0.25) is 0 Å². The number of unbranched alkanes of at least 4 members (excludes halogenated alkanes) is 2. The van der Waals surface area contributed by atoms with Crippen molar-refractivity contribution < 1.29 is 17.6 Å². The number of aryl methyl sites for hydroxylation is 1. The third-order valence-electron chi connectivity index (χ3n) is 4.54. The lowest BCUT2D eigenvalue weighted by Gasteiger charge is -2.11. The molecule has 0 unspecified atom stereocenters. The first-order chi connectivity index (χ1) is 13.1. The van der Waals surface area contributed by atoms with Crippen molar-refractivity contribution in [2.24, 2.45) is 0 Å². The number of halogens is 4. The van der Waals surface area contributed by atoms with Gasteiger partial charge in [-0.05, 0) is 54.2 Å². The van der Waals surface area contributed by atoms with E-state index in [1.807, 2.05) is 6.07 Å². The number of alkyl halides is 1. The Bertz CT molecular complexity index is 881. The van der Waals surface area contributed by atoms with Crippen molar-refractivity contribution in [2.75, 3.05) is 6.67 Å². The van der Waals surface area contributed by atoms with Crippen LogP contribution in [0.3, 0.4) is 0 Å². The average molecular weight is 372 g/mol. The van der Waals surface area contributed by atoms with Gasteiger partial charge >= 0.3 is 0 Å². The first-order valence-corrected chi connectivity index (χ1v) is 8.99. The molecule has 0 amide bonds. The average Bonchev–Trinajstić information content (AvgIpc) is 2.65. The lowest BCUT2D eigenvalue weighted by molar-refractivity contribution is 0.456. The SMILES string of the molecule is FCCCCCc1cc(F)c(-c2ccc(-c3ccccc3)c(F)c2)c(F)c1. The minimum absolute atomic E-state index is 0.158. The van der Waals surface area contributed by atoms with Gasteiger partial charge in [0, 0.05) is 5.56 Å². The summed E-state index contributed by atoms with van der Waals surface area (Å²) in [6, 6.07) is 15.7. The zero-order chi connectivity index (χ0) is 19.2. The van der Waals surface area contributed by atoms with Crippen LogP contribution in [0.2, 0.25) is 0 Å². The molecule has 140 valence electrons. The molecule has 0 saturated heterocycles. The van der Waals surface area contributed by atoms with Gasteiger partial charge in [0.15, 0.2) is 0 Å². The third-order valence-corrected chi connectivity index (χ3v) is 4.54. The standard InChI is InChI=1S/C23H20F4/c24-12-6-2-3-7-16-13-21(26)23(22(27)14-16)18-10-11-19(20(25)15-18)17-8-4-1-5-9-17/h1,4-5,8-11,13-15H,2-3,6-7,12H2. The highest BCUT2D eigenvalue weighted by Crippen LogP contribution is 2.31. The molecule has 0 fully saturated rings. The monoisotopic (exact) mass is 372 g/mol. The summed E-state index contributed by atoms with van der Waals surface area (Å²) in [6.07, 6.45) is 2.28. The van der Waals surface area contributed by atoms with Gasteiger partial charge in [-0.25, -0.2) is 13.2 Å². The molecule has 0 radical (unpaired) electrons. The van der Waals surface area contributed by atoms with Gasteiger partial charge in [-0.2, -0.15) is 0 Å². The number of hydrogen-bond donors (Lipinski definition) is 0. The van der Waals surface area contributed by atoms with Crippen molar-refractivity contribution in [3.8, 4) is 22.3 Å². The predicted octanol–water partition coefficient (Wildman–Crippen LogP) is 7.12. The summed E-state index contributed by atoms with van der Waals surface area (Å²) in [5.41, 5.74) is 1.52. The zero-order valence-corrected chi connectivity index (χ0v) is 14.8. The van der Waals surface area contributed by atoms with E-state index in [0.29, 0.717) is 42.4 Å². The van der Waals surface area contributed by atoms with Gasteiger partial charge in [0.05, 0.1) is 12.2 Å². The Morgan fingerprint density at radius 2 is 1.33 bits per heavy atom. The third kappa shape index (κ3) is 4.57. The molecule has 0 heterocycles. The number of benzene rings is 3. The molecule has 0 aromatic heterocycles. The zero-order valence-electron chi connectivity index (χ0n) is 14.8. The number of hydrogen-bond acceptors (Lipinski definition) is 0. The lowest BCUT2D eigenvalue weighted by Crippen LogP contribution is -1.96. The second kappa shape index (κ2) is 8.85. The molecule has 0 nitrogen and oxygen atoms in total. The van der Waals surface area contributed by atoms with Crippen molar-refractivity contribution in [3.63, 3.8) is 0 Å². The van der Waals surface area contributed by atoms with E-state index in [2.05, 4.69) is 0 Å². The van der Waals surface area contributed by atoms with E-state index in [9.17, 15) is 17.6 Å². The molecule has 0 saturated carbocycles. The summed E-state index contributed by atoms with van der Waals surface area (Å²) >= 11 is 0. The van der Waals surface area contributed by atoms with Crippen LogP contribution in [0.15, 0.2) is 60.7 Å². The Kier molecular flexibility index (Phi) is 6.28. The van der Waals surface area contributed by atoms with Crippen molar-refractivity contribution >= 4 is 0 Å². The molecule has 0 aliphatic carbocycles. The second-order valence-electron chi connectivity index (χ2n) is 6.49. The van der Waals surface area contributed by atoms with E-state index in [1.165, 1.54) is 24.3 Å². The molecule has 0 spiro atoms. The van der Waals surface area contributed by atoms with Crippen LogP contribution in [0.4, 0.5) is 17.6 Å². The maximum Gasteiger partial charge on any atom is 0.134 e. The molecule has 3 rings (SSSR count). The van der Waals surface area contributed by atoms with Crippen LogP contribution in [0.5, 0.6) is 0 Å². The first-order valence-electron chi connectivity index (χ1n) is 8.99. The summed E-state index contributed by atoms with van der Waals surface area (Å²) in [5, 5.41) is 0. The second-order valence-corrected chi connectivity index (χ2v) is 6.49. The van der Waals surface area contributed by atoms with Gasteiger partial charge in [-0.3, -0.25) is 4.39 Å². The largest absolute Gasteiger partial charge is 0.251 e. The summed E-state index contributed by atoms with van der Waals surface area (Å²) in [6.45, 7) is -0.383. The molecule has 3 aromatic carbocycles. The Balaban J connectivity index is 1.87. The molecular weight excluding hydrogens is 352 g/mol. The summed E-state index contributed by atoms with van der Waals surface area (Å²) in [5.74, 6) is -1.97. The van der Waals surface area contributed by atoms with Crippen LogP contribution < -0.4 is 0 Å². The smallest absolute Gasteiger partial charge is 0.134 e. The molecule has 0 aliphatic rings. The van der Waals surface area contributed by atoms with E-state index in [0.717, 1.165) is 6.07 Å². The van der Waals surface area contributed by atoms with Gasteiger partial charge < -0.3 is 0 Å². The first kappa shape index (κ1) is 19.2. The molecule has 4 heteroatoms. The molecule has 0 atom stereocenters. The van der Waals surface area contributed by atoms with Crippen LogP contribution in [-0.4, -0.2) is 6.67 Å². The van der Waals surface area contributed by atoms with Crippen LogP contribution in [-0.2, 0) is 6.42 Å². The van der Waals surface area contributed by atoms with Gasteiger partial charge in [0.25, 0.3) is 0 Å². The Morgan fingerprint density at radius 1 is 0.630 bits per heavy atom. The highest BCUT2D eigenvalue weighted by atomic mass is 19.1. The van der Waals surface area contributed by atoms with E-state index in [-0.39, 0.29) is 17.8 Å². The minimum Gasteiger partial charge on any atom is -0.251 e. The highest BCUT2D eigenvalue weighted by molar-refractivity contribution is 5.71. The summed E-state index contributed by atoms with van der Waals surface area (Å²) in [4.78, 5) is 0. The van der Waals surface area contributed by atoms with E-state index >= 15 is 0 Å². The maximum atomic E-state index is 14.5. The highest BCUT2D eigenvalue weighted by Gasteiger charge is 2.15. The summed E-state index contributed by atoms with van der Waals surface area (Å²) < 4.78 is 55.6. The van der Waals surface area contributed by atoms with Gasteiger partial charge in [-0.15, -0.1) is 0 Å². The van der Waals surface area contributed by atoms with E-state index < -0.39 is 17.5 Å². The van der Waals surface area contributed by atoms with Crippen LogP contribution in [0.1, 0.15) is 24.8 Å². The van der Waals surface area contributed by atoms with Crippen LogP contribution in [0.25, 0.3) is 22.3 Å². The van der Waals surface area contributed by atoms with E-state index in [4.69, 9.17) is 0 Å². The van der Waals surface area contributed by atoms with Crippen molar-refractivity contribution in [3.05, 3.63) is 83.7 Å². The molecule has 27 heavy (non-hydrogen) atoms. The van der Waals surface area contributed by atoms with Crippen molar-refractivity contribution in [1.82, 2.24) is 0 Å². The molecule has 0 aliphatic heterocycles. The molecule has 0 bridgehead atoms. The number of rotatable bonds is 7. The Morgan fingerprint density at radius 3 is 1.96 bits per heavy atom. The fourth-order valence-electron chi connectivity index (χ4n) is 3.17. The normalized spacial score (nSPS) is 11.0. The summed E-state index contributed by atoms with van der Waals surface area (Å²) in [7, 11) is 0. The Labute approximate surface area is 156 Å².